The maximum absolute atomic E-state index is 4.72. The average Bonchev–Trinajstić information content (AvgIpc) is 3.28. The summed E-state index contributed by atoms with van der Waals surface area (Å²) in [4.78, 5) is 9.80. The predicted molar refractivity (Wildman–Crippen MR) is 139 cm³/mol. The van der Waals surface area contributed by atoms with Crippen LogP contribution in [0, 0.1) is 0 Å². The molecule has 0 amide bonds. The zero-order valence-corrected chi connectivity index (χ0v) is 19.5. The van der Waals surface area contributed by atoms with Crippen molar-refractivity contribution in [1.29, 1.82) is 0 Å². The van der Waals surface area contributed by atoms with Gasteiger partial charge >= 0.3 is 0 Å². The molecule has 0 N–H and O–H groups in total. The molecule has 0 atom stereocenters. The largest absolute Gasteiger partial charge is 0.368 e. The van der Waals surface area contributed by atoms with Gasteiger partial charge in [-0.25, -0.2) is 4.98 Å². The minimum Gasteiger partial charge on any atom is -0.368 e. The van der Waals surface area contributed by atoms with Crippen molar-refractivity contribution in [3.63, 3.8) is 0 Å². The van der Waals surface area contributed by atoms with Gasteiger partial charge in [0.2, 0.25) is 0 Å². The molecule has 2 aromatic carbocycles. The molecule has 0 aliphatic carbocycles. The normalized spacial score (nSPS) is 14.6. The highest BCUT2D eigenvalue weighted by Crippen LogP contribution is 2.28. The van der Waals surface area contributed by atoms with Gasteiger partial charge < -0.3 is 9.47 Å². The fourth-order valence-corrected chi connectivity index (χ4v) is 4.72. The van der Waals surface area contributed by atoms with Crippen LogP contribution in [0.4, 0.5) is 5.69 Å². The van der Waals surface area contributed by atoms with Crippen molar-refractivity contribution in [2.75, 3.05) is 31.1 Å². The van der Waals surface area contributed by atoms with Crippen LogP contribution in [0.25, 0.3) is 17.1 Å². The van der Waals surface area contributed by atoms with Crippen molar-refractivity contribution in [2.24, 2.45) is 0 Å². The van der Waals surface area contributed by atoms with Crippen molar-refractivity contribution in [3.8, 4) is 0 Å². The molecule has 0 radical (unpaired) electrons. The van der Waals surface area contributed by atoms with Gasteiger partial charge in [-0.05, 0) is 40.8 Å². The van der Waals surface area contributed by atoms with E-state index in [0.29, 0.717) is 0 Å². The van der Waals surface area contributed by atoms with Crippen molar-refractivity contribution in [3.05, 3.63) is 102 Å². The molecule has 1 aliphatic rings. The van der Waals surface area contributed by atoms with E-state index in [9.17, 15) is 0 Å². The molecule has 1 aliphatic heterocycles. The molecule has 0 spiro atoms. The van der Waals surface area contributed by atoms with E-state index in [-0.39, 0.29) is 0 Å². The Morgan fingerprint density at radius 3 is 2.18 bits per heavy atom. The second-order valence-corrected chi connectivity index (χ2v) is 8.89. The van der Waals surface area contributed by atoms with E-state index >= 15 is 0 Å². The van der Waals surface area contributed by atoms with Gasteiger partial charge in [0.1, 0.15) is 5.65 Å². The average molecular weight is 437 g/mol. The van der Waals surface area contributed by atoms with E-state index in [0.717, 1.165) is 56.9 Å². The minimum atomic E-state index is 0.821. The molecule has 2 aromatic heterocycles. The number of fused-ring (bicyclic) bond motifs is 1. The first-order valence-corrected chi connectivity index (χ1v) is 11.9. The molecule has 0 bridgehead atoms. The molecule has 4 aromatic rings. The fourth-order valence-electron chi connectivity index (χ4n) is 4.72. The Hall–Kier alpha value is -3.37. The highest BCUT2D eigenvalue weighted by atomic mass is 15.3. The number of hydrogen-bond acceptors (Lipinski definition) is 3. The van der Waals surface area contributed by atoms with E-state index in [1.54, 1.807) is 0 Å². The Bertz CT molecular complexity index is 1210. The van der Waals surface area contributed by atoms with Crippen LogP contribution in [0.15, 0.2) is 79.6 Å². The Morgan fingerprint density at radius 1 is 0.818 bits per heavy atom. The number of piperazine rings is 1. The zero-order valence-electron chi connectivity index (χ0n) is 19.5. The van der Waals surface area contributed by atoms with Crippen molar-refractivity contribution in [1.82, 2.24) is 14.5 Å². The number of pyridine rings is 1. The van der Waals surface area contributed by atoms with Crippen LogP contribution in [0.5, 0.6) is 0 Å². The first-order chi connectivity index (χ1) is 16.2. The van der Waals surface area contributed by atoms with Gasteiger partial charge in [-0.1, -0.05) is 68.1 Å². The smallest absolute Gasteiger partial charge is 0.142 e. The second kappa shape index (κ2) is 9.63. The van der Waals surface area contributed by atoms with E-state index in [1.807, 2.05) is 12.3 Å². The van der Waals surface area contributed by atoms with Gasteiger partial charge in [-0.3, -0.25) is 4.90 Å². The lowest BCUT2D eigenvalue weighted by Gasteiger charge is -2.36. The van der Waals surface area contributed by atoms with E-state index < -0.39 is 0 Å². The summed E-state index contributed by atoms with van der Waals surface area (Å²) >= 11 is 0. The molecular weight excluding hydrogens is 404 g/mol. The summed E-state index contributed by atoms with van der Waals surface area (Å²) in [6.45, 7) is 12.1. The van der Waals surface area contributed by atoms with Crippen molar-refractivity contribution >= 4 is 22.8 Å². The number of benzene rings is 2. The van der Waals surface area contributed by atoms with Crippen molar-refractivity contribution in [2.45, 2.75) is 26.4 Å². The summed E-state index contributed by atoms with van der Waals surface area (Å²) in [6, 6.07) is 22.0. The maximum atomic E-state index is 4.72. The summed E-state index contributed by atoms with van der Waals surface area (Å²) in [6.07, 6.45) is 7.10. The third-order valence-corrected chi connectivity index (χ3v) is 6.76. The Labute approximate surface area is 196 Å². The Morgan fingerprint density at radius 2 is 1.48 bits per heavy atom. The molecule has 4 heteroatoms. The summed E-state index contributed by atoms with van der Waals surface area (Å²) in [5.41, 5.74) is 7.59. The number of aryl methyl sites for hydroxylation is 1. The zero-order chi connectivity index (χ0) is 22.6. The van der Waals surface area contributed by atoms with Gasteiger partial charge in [0.05, 0.1) is 0 Å². The molecule has 1 saturated heterocycles. The molecule has 5 rings (SSSR count). The van der Waals surface area contributed by atoms with Crippen LogP contribution in [-0.4, -0.2) is 40.6 Å². The van der Waals surface area contributed by atoms with Crippen LogP contribution < -0.4 is 4.90 Å². The number of aromatic nitrogens is 2. The third-order valence-electron chi connectivity index (χ3n) is 6.76. The van der Waals surface area contributed by atoms with Gasteiger partial charge in [-0.2, -0.15) is 0 Å². The fraction of sp³-hybridized carbons (Fsp3) is 0.276. The number of hydrogen-bond donors (Lipinski definition) is 0. The maximum Gasteiger partial charge on any atom is 0.142 e. The molecule has 0 unspecified atom stereocenters. The number of rotatable bonds is 7. The highest BCUT2D eigenvalue weighted by Gasteiger charge is 2.20. The standard InChI is InChI=1S/C29H32N4/c1-3-23-5-9-25(10-6-23)21-31-17-19-32(20-18-31)28-13-15-30-29-27(28)14-16-33(29)22-26-11-7-24(4-2)8-12-26/h4-16H,2-3,17-22H2,1H3. The monoisotopic (exact) mass is 436 g/mol. The van der Waals surface area contributed by atoms with E-state index in [4.69, 9.17) is 4.98 Å². The summed E-state index contributed by atoms with van der Waals surface area (Å²) in [7, 11) is 0. The number of anilines is 1. The Kier molecular flexibility index (Phi) is 6.27. The molecule has 33 heavy (non-hydrogen) atoms. The lowest BCUT2D eigenvalue weighted by atomic mass is 10.1. The predicted octanol–water partition coefficient (Wildman–Crippen LogP) is 5.61. The van der Waals surface area contributed by atoms with Gasteiger partial charge in [-0.15, -0.1) is 0 Å². The molecule has 3 heterocycles. The lowest BCUT2D eigenvalue weighted by Crippen LogP contribution is -2.46. The Balaban J connectivity index is 1.26. The van der Waals surface area contributed by atoms with E-state index in [1.165, 1.54) is 27.8 Å². The lowest BCUT2D eigenvalue weighted by molar-refractivity contribution is 0.250. The molecule has 4 nitrogen and oxygen atoms in total. The SMILES string of the molecule is C=Cc1ccc(Cn2ccc3c(N4CCN(Cc5ccc(CC)cc5)CC4)ccnc32)cc1. The van der Waals surface area contributed by atoms with Gasteiger partial charge in [0.15, 0.2) is 0 Å². The topological polar surface area (TPSA) is 24.3 Å². The quantitative estimate of drug-likeness (QED) is 0.376. The molecule has 168 valence electrons. The van der Waals surface area contributed by atoms with E-state index in [2.05, 4.69) is 94.7 Å². The van der Waals surface area contributed by atoms with Crippen LogP contribution in [0.2, 0.25) is 0 Å². The van der Waals surface area contributed by atoms with Crippen LogP contribution >= 0.6 is 0 Å². The summed E-state index contributed by atoms with van der Waals surface area (Å²) in [5.74, 6) is 0. The van der Waals surface area contributed by atoms with Crippen LogP contribution in [0.1, 0.15) is 29.2 Å². The van der Waals surface area contributed by atoms with Crippen LogP contribution in [0.3, 0.4) is 0 Å². The highest BCUT2D eigenvalue weighted by molar-refractivity contribution is 5.90. The molecular formula is C29H32N4. The summed E-state index contributed by atoms with van der Waals surface area (Å²) < 4.78 is 2.25. The first kappa shape index (κ1) is 21.5. The third kappa shape index (κ3) is 4.71. The molecule has 1 fully saturated rings. The van der Waals surface area contributed by atoms with Crippen LogP contribution in [-0.2, 0) is 19.5 Å². The van der Waals surface area contributed by atoms with Gasteiger partial charge in [0.25, 0.3) is 0 Å². The van der Waals surface area contributed by atoms with Crippen molar-refractivity contribution < 1.29 is 0 Å². The number of nitrogens with zero attached hydrogens (tertiary/aromatic N) is 4. The molecule has 0 saturated carbocycles. The summed E-state index contributed by atoms with van der Waals surface area (Å²) in [5, 5.41) is 1.24. The van der Waals surface area contributed by atoms with Gasteiger partial charge in [0, 0.05) is 62.7 Å². The minimum absolute atomic E-state index is 0.821. The first-order valence-electron chi connectivity index (χ1n) is 11.9. The second-order valence-electron chi connectivity index (χ2n) is 8.89.